The molecule has 0 spiro atoms. The largest absolute Gasteiger partial charge is 0.127 e. The molecule has 0 aliphatic heterocycles. The van der Waals surface area contributed by atoms with E-state index in [9.17, 15) is 0 Å². The van der Waals surface area contributed by atoms with Gasteiger partial charge in [0.05, 0.1) is 0 Å². The molecule has 15 heavy (non-hydrogen) atoms. The summed E-state index contributed by atoms with van der Waals surface area (Å²) in [5, 5.41) is 0. The van der Waals surface area contributed by atoms with E-state index in [0.717, 1.165) is 5.88 Å². The van der Waals surface area contributed by atoms with E-state index in [1.165, 1.54) is 64.2 Å². The zero-order valence-corrected chi connectivity index (χ0v) is 11.9. The van der Waals surface area contributed by atoms with Crippen molar-refractivity contribution >= 4 is 11.6 Å². The smallest absolute Gasteiger partial charge is 0.0223 e. The molecule has 0 atom stereocenters. The third kappa shape index (κ3) is 25.0. The Morgan fingerprint density at radius 2 is 0.867 bits per heavy atom. The quantitative estimate of drug-likeness (QED) is 0.331. The molecule has 0 radical (unpaired) electrons. The number of hydrogen-bond acceptors (Lipinski definition) is 0. The molecule has 0 aliphatic rings. The first-order chi connectivity index (χ1) is 7.33. The molecule has 1 heteroatoms. The summed E-state index contributed by atoms with van der Waals surface area (Å²) in [5.41, 5.74) is 0. The van der Waals surface area contributed by atoms with Gasteiger partial charge in [-0.3, -0.25) is 0 Å². The van der Waals surface area contributed by atoms with Crippen LogP contribution in [0.2, 0.25) is 0 Å². The van der Waals surface area contributed by atoms with Crippen LogP contribution in [-0.4, -0.2) is 5.88 Å². The summed E-state index contributed by atoms with van der Waals surface area (Å²) >= 11 is 5.48. The minimum absolute atomic E-state index is 0.837. The van der Waals surface area contributed by atoms with E-state index >= 15 is 0 Å². The Kier molecular flexibility index (Phi) is 23.3. The molecule has 0 saturated heterocycles. The lowest BCUT2D eigenvalue weighted by molar-refractivity contribution is 0.656. The molecule has 0 unspecified atom stereocenters. The van der Waals surface area contributed by atoms with Crippen LogP contribution < -0.4 is 0 Å². The van der Waals surface area contributed by atoms with E-state index in [1.54, 1.807) is 0 Å². The van der Waals surface area contributed by atoms with Crippen LogP contribution in [-0.2, 0) is 0 Å². The lowest BCUT2D eigenvalue weighted by Crippen LogP contribution is -1.76. The first kappa shape index (κ1) is 17.7. The molecule has 0 aromatic rings. The van der Waals surface area contributed by atoms with Gasteiger partial charge in [-0.1, -0.05) is 78.6 Å². The van der Waals surface area contributed by atoms with Gasteiger partial charge in [0.1, 0.15) is 0 Å². The first-order valence-corrected chi connectivity index (χ1v) is 7.42. The fourth-order valence-corrected chi connectivity index (χ4v) is 1.56. The zero-order chi connectivity index (χ0) is 11.8. The summed E-state index contributed by atoms with van der Waals surface area (Å²) in [6.45, 7) is 6.71. The Morgan fingerprint density at radius 3 is 1.20 bits per heavy atom. The normalized spacial score (nSPS) is 9.60. The highest BCUT2D eigenvalue weighted by atomic mass is 35.5. The van der Waals surface area contributed by atoms with Crippen molar-refractivity contribution in [3.05, 3.63) is 0 Å². The molecule has 94 valence electrons. The lowest BCUT2D eigenvalue weighted by atomic mass is 10.2. The van der Waals surface area contributed by atoms with Crippen molar-refractivity contribution in [3.8, 4) is 0 Å². The van der Waals surface area contributed by atoms with Gasteiger partial charge in [-0.25, -0.2) is 0 Å². The molecule has 0 aromatic carbocycles. The van der Waals surface area contributed by atoms with E-state index in [1.807, 2.05) is 0 Å². The maximum atomic E-state index is 5.48. The fraction of sp³-hybridized carbons (Fsp3) is 1.00. The van der Waals surface area contributed by atoms with Gasteiger partial charge in [-0.2, -0.15) is 0 Å². The van der Waals surface area contributed by atoms with Gasteiger partial charge >= 0.3 is 0 Å². The third-order valence-corrected chi connectivity index (χ3v) is 2.71. The van der Waals surface area contributed by atoms with Crippen molar-refractivity contribution in [1.29, 1.82) is 0 Å². The molecule has 0 amide bonds. The number of alkyl halides is 1. The highest BCUT2D eigenvalue weighted by molar-refractivity contribution is 6.17. The van der Waals surface area contributed by atoms with Crippen LogP contribution in [0.3, 0.4) is 0 Å². The predicted octanol–water partition coefficient (Wildman–Crippen LogP) is 6.17. The van der Waals surface area contributed by atoms with Crippen LogP contribution in [0, 0.1) is 0 Å². The summed E-state index contributed by atoms with van der Waals surface area (Å²) in [6, 6.07) is 0. The van der Waals surface area contributed by atoms with Crippen molar-refractivity contribution < 1.29 is 0 Å². The molecule has 0 N–H and O–H groups in total. The van der Waals surface area contributed by atoms with Gasteiger partial charge in [-0.05, 0) is 6.42 Å². The minimum Gasteiger partial charge on any atom is -0.127 e. The van der Waals surface area contributed by atoms with Crippen molar-refractivity contribution in [3.63, 3.8) is 0 Å². The SMILES string of the molecule is CCCCCCC.CCCCCCCCl. The van der Waals surface area contributed by atoms with E-state index in [2.05, 4.69) is 20.8 Å². The minimum atomic E-state index is 0.837. The second-order valence-corrected chi connectivity index (χ2v) is 4.54. The maximum absolute atomic E-state index is 5.48. The number of unbranched alkanes of at least 4 members (excludes halogenated alkanes) is 8. The second-order valence-electron chi connectivity index (χ2n) is 4.16. The Balaban J connectivity index is 0. The summed E-state index contributed by atoms with van der Waals surface area (Å²) in [5.74, 6) is 0.837. The average Bonchev–Trinajstić information content (AvgIpc) is 2.26. The van der Waals surface area contributed by atoms with E-state index in [4.69, 9.17) is 11.6 Å². The summed E-state index contributed by atoms with van der Waals surface area (Å²) in [4.78, 5) is 0. The summed E-state index contributed by atoms with van der Waals surface area (Å²) in [7, 11) is 0. The van der Waals surface area contributed by atoms with Crippen LogP contribution in [0.1, 0.15) is 85.0 Å². The predicted molar refractivity (Wildman–Crippen MR) is 73.9 cm³/mol. The molecule has 0 fully saturated rings. The Morgan fingerprint density at radius 1 is 0.533 bits per heavy atom. The fourth-order valence-electron chi connectivity index (χ4n) is 1.37. The number of halogens is 1. The monoisotopic (exact) mass is 234 g/mol. The van der Waals surface area contributed by atoms with Crippen molar-refractivity contribution in [2.75, 3.05) is 5.88 Å². The molecule has 0 aromatic heterocycles. The van der Waals surface area contributed by atoms with Gasteiger partial charge < -0.3 is 0 Å². The Labute approximate surface area is 103 Å². The third-order valence-electron chi connectivity index (χ3n) is 2.44. The molecular formula is C14H31Cl. The van der Waals surface area contributed by atoms with Crippen molar-refractivity contribution in [2.24, 2.45) is 0 Å². The maximum Gasteiger partial charge on any atom is 0.0223 e. The zero-order valence-electron chi connectivity index (χ0n) is 11.2. The topological polar surface area (TPSA) is 0 Å². The van der Waals surface area contributed by atoms with Crippen LogP contribution in [0.15, 0.2) is 0 Å². The van der Waals surface area contributed by atoms with Gasteiger partial charge in [0, 0.05) is 5.88 Å². The van der Waals surface area contributed by atoms with Crippen LogP contribution in [0.4, 0.5) is 0 Å². The van der Waals surface area contributed by atoms with Crippen molar-refractivity contribution in [2.45, 2.75) is 85.0 Å². The van der Waals surface area contributed by atoms with Crippen LogP contribution >= 0.6 is 11.6 Å². The van der Waals surface area contributed by atoms with E-state index in [-0.39, 0.29) is 0 Å². The standard InChI is InChI=1S/C7H15Cl.C7H16/c1-2-3-4-5-6-7-8;1-3-5-7-6-4-2/h2-7H2,1H3;3-7H2,1-2H3. The molecule has 0 nitrogen and oxygen atoms in total. The van der Waals surface area contributed by atoms with Crippen molar-refractivity contribution in [1.82, 2.24) is 0 Å². The van der Waals surface area contributed by atoms with Crippen LogP contribution in [0.5, 0.6) is 0 Å². The molecule has 0 saturated carbocycles. The lowest BCUT2D eigenvalue weighted by Gasteiger charge is -1.93. The van der Waals surface area contributed by atoms with Gasteiger partial charge in [-0.15, -0.1) is 11.6 Å². The molecule has 0 heterocycles. The second kappa shape index (κ2) is 19.8. The molecule has 0 aliphatic carbocycles. The number of rotatable bonds is 9. The number of hydrogen-bond donors (Lipinski definition) is 0. The summed E-state index contributed by atoms with van der Waals surface area (Å²) in [6.07, 6.45) is 13.6. The average molecular weight is 235 g/mol. The van der Waals surface area contributed by atoms with E-state index in [0.29, 0.717) is 0 Å². The van der Waals surface area contributed by atoms with Gasteiger partial charge in [0.25, 0.3) is 0 Å². The first-order valence-electron chi connectivity index (χ1n) is 6.89. The Hall–Kier alpha value is 0.290. The summed E-state index contributed by atoms with van der Waals surface area (Å²) < 4.78 is 0. The molecule has 0 rings (SSSR count). The molecule has 0 bridgehead atoms. The highest BCUT2D eigenvalue weighted by Gasteiger charge is 1.84. The Bertz CT molecular complexity index is 71.4. The van der Waals surface area contributed by atoms with E-state index < -0.39 is 0 Å². The van der Waals surface area contributed by atoms with Gasteiger partial charge in [0.2, 0.25) is 0 Å². The highest BCUT2D eigenvalue weighted by Crippen LogP contribution is 2.02. The molecular weight excluding hydrogens is 204 g/mol. The van der Waals surface area contributed by atoms with Crippen LogP contribution in [0.25, 0.3) is 0 Å². The van der Waals surface area contributed by atoms with Gasteiger partial charge in [0.15, 0.2) is 0 Å².